The van der Waals surface area contributed by atoms with Crippen molar-refractivity contribution in [3.8, 4) is 0 Å². The van der Waals surface area contributed by atoms with Crippen LogP contribution < -0.4 is 5.73 Å². The van der Waals surface area contributed by atoms with Crippen LogP contribution in [-0.2, 0) is 4.74 Å². The van der Waals surface area contributed by atoms with Crippen LogP contribution in [0.1, 0.15) is 27.7 Å². The second kappa shape index (κ2) is 3.18. The molecule has 0 spiro atoms. The molecule has 0 rings (SSSR count). The monoisotopic (exact) mass is 131 g/mol. The summed E-state index contributed by atoms with van der Waals surface area (Å²) in [6.07, 6.45) is 0. The summed E-state index contributed by atoms with van der Waals surface area (Å²) in [5.41, 5.74) is 5.43. The van der Waals surface area contributed by atoms with Gasteiger partial charge in [0.15, 0.2) is 0 Å². The molecular weight excluding hydrogens is 114 g/mol. The fraction of sp³-hybridized carbons (Fsp3) is 1.00. The second-order valence-electron chi connectivity index (χ2n) is 3.40. The molecule has 0 aromatic carbocycles. The summed E-state index contributed by atoms with van der Waals surface area (Å²) < 4.78 is 5.37. The lowest BCUT2D eigenvalue weighted by atomic mass is 10.2. The molecule has 0 saturated carbocycles. The third-order valence-corrected chi connectivity index (χ3v) is 0.779. The largest absolute Gasteiger partial charge is 0.374 e. The molecule has 56 valence electrons. The van der Waals surface area contributed by atoms with E-state index < -0.39 is 0 Å². The van der Waals surface area contributed by atoms with Crippen molar-refractivity contribution in [1.82, 2.24) is 0 Å². The number of rotatable bonds is 2. The Morgan fingerprint density at radius 3 is 2.00 bits per heavy atom. The molecule has 0 radical (unpaired) electrons. The summed E-state index contributed by atoms with van der Waals surface area (Å²) in [4.78, 5) is 0. The van der Waals surface area contributed by atoms with Crippen LogP contribution in [0.15, 0.2) is 0 Å². The Kier molecular flexibility index (Phi) is 3.15. The summed E-state index contributed by atoms with van der Waals surface area (Å²) >= 11 is 0. The first kappa shape index (κ1) is 8.92. The van der Waals surface area contributed by atoms with Crippen molar-refractivity contribution < 1.29 is 4.74 Å². The summed E-state index contributed by atoms with van der Waals surface area (Å²) in [5.74, 6) is 0. The van der Waals surface area contributed by atoms with Gasteiger partial charge in [-0.15, -0.1) is 0 Å². The molecule has 0 heterocycles. The Balaban J connectivity index is 3.28. The molecule has 0 fully saturated rings. The molecule has 0 bridgehead atoms. The van der Waals surface area contributed by atoms with E-state index in [-0.39, 0.29) is 11.6 Å². The molecule has 2 nitrogen and oxygen atoms in total. The minimum absolute atomic E-state index is 0.0480. The standard InChI is InChI=1S/C7H17NO/c1-6(8)5-9-7(2,3)4/h6H,5,8H2,1-4H3/t6-/m0/s1. The van der Waals surface area contributed by atoms with Gasteiger partial charge < -0.3 is 10.5 Å². The predicted octanol–water partition coefficient (Wildman–Crippen LogP) is 1.15. The molecule has 0 saturated heterocycles. The third-order valence-electron chi connectivity index (χ3n) is 0.779. The van der Waals surface area contributed by atoms with E-state index in [0.717, 1.165) is 0 Å². The van der Waals surface area contributed by atoms with Gasteiger partial charge in [-0.25, -0.2) is 0 Å². The van der Waals surface area contributed by atoms with Crippen LogP contribution in [0.4, 0.5) is 0 Å². The quantitative estimate of drug-likeness (QED) is 0.610. The molecule has 0 aromatic rings. The van der Waals surface area contributed by atoms with Crippen LogP contribution in [0.2, 0.25) is 0 Å². The van der Waals surface area contributed by atoms with Gasteiger partial charge in [-0.05, 0) is 27.7 Å². The van der Waals surface area contributed by atoms with Crippen LogP contribution in [0.5, 0.6) is 0 Å². The van der Waals surface area contributed by atoms with Gasteiger partial charge >= 0.3 is 0 Å². The van der Waals surface area contributed by atoms with E-state index in [1.54, 1.807) is 0 Å². The molecule has 0 aliphatic carbocycles. The Morgan fingerprint density at radius 2 is 1.89 bits per heavy atom. The van der Waals surface area contributed by atoms with E-state index in [9.17, 15) is 0 Å². The van der Waals surface area contributed by atoms with E-state index in [1.807, 2.05) is 27.7 Å². The Bertz CT molecular complexity index is 73.5. The maximum Gasteiger partial charge on any atom is 0.0621 e. The van der Waals surface area contributed by atoms with Crippen LogP contribution in [0, 0.1) is 0 Å². The van der Waals surface area contributed by atoms with Crippen molar-refractivity contribution in [3.05, 3.63) is 0 Å². The maximum atomic E-state index is 5.47. The normalized spacial score (nSPS) is 15.7. The average molecular weight is 131 g/mol. The lowest BCUT2D eigenvalue weighted by Gasteiger charge is -2.20. The van der Waals surface area contributed by atoms with Gasteiger partial charge in [0, 0.05) is 6.04 Å². The molecule has 2 N–H and O–H groups in total. The van der Waals surface area contributed by atoms with Crippen molar-refractivity contribution in [2.75, 3.05) is 6.61 Å². The van der Waals surface area contributed by atoms with Crippen LogP contribution >= 0.6 is 0 Å². The average Bonchev–Trinajstić information content (AvgIpc) is 1.59. The van der Waals surface area contributed by atoms with E-state index in [1.165, 1.54) is 0 Å². The second-order valence-corrected chi connectivity index (χ2v) is 3.40. The molecular formula is C7H17NO. The Morgan fingerprint density at radius 1 is 1.44 bits per heavy atom. The van der Waals surface area contributed by atoms with Gasteiger partial charge in [-0.1, -0.05) is 0 Å². The van der Waals surface area contributed by atoms with Crippen molar-refractivity contribution in [3.63, 3.8) is 0 Å². The maximum absolute atomic E-state index is 5.47. The third kappa shape index (κ3) is 7.92. The molecule has 1 atom stereocenters. The van der Waals surface area contributed by atoms with Crippen LogP contribution in [-0.4, -0.2) is 18.2 Å². The lowest BCUT2D eigenvalue weighted by Crippen LogP contribution is -2.29. The zero-order valence-corrected chi connectivity index (χ0v) is 6.77. The minimum atomic E-state index is -0.0480. The summed E-state index contributed by atoms with van der Waals surface area (Å²) in [7, 11) is 0. The fourth-order valence-corrected chi connectivity index (χ4v) is 0.381. The van der Waals surface area contributed by atoms with Crippen LogP contribution in [0.25, 0.3) is 0 Å². The molecule has 0 aliphatic heterocycles. The first-order valence-corrected chi connectivity index (χ1v) is 3.31. The zero-order valence-electron chi connectivity index (χ0n) is 6.77. The molecule has 0 aromatic heterocycles. The van der Waals surface area contributed by atoms with Gasteiger partial charge in [0.1, 0.15) is 0 Å². The minimum Gasteiger partial charge on any atom is -0.374 e. The highest BCUT2D eigenvalue weighted by Gasteiger charge is 2.09. The number of hydrogen-bond acceptors (Lipinski definition) is 2. The van der Waals surface area contributed by atoms with Gasteiger partial charge in [-0.3, -0.25) is 0 Å². The first-order valence-electron chi connectivity index (χ1n) is 3.31. The molecule has 2 heteroatoms. The van der Waals surface area contributed by atoms with Crippen LogP contribution in [0.3, 0.4) is 0 Å². The van der Waals surface area contributed by atoms with E-state index in [2.05, 4.69) is 0 Å². The van der Waals surface area contributed by atoms with Crippen molar-refractivity contribution in [2.45, 2.75) is 39.3 Å². The number of ether oxygens (including phenoxy) is 1. The Labute approximate surface area is 57.4 Å². The summed E-state index contributed by atoms with van der Waals surface area (Å²) in [6, 6.07) is 0.143. The van der Waals surface area contributed by atoms with E-state index in [0.29, 0.717) is 6.61 Å². The first-order chi connectivity index (χ1) is 3.92. The van der Waals surface area contributed by atoms with Gasteiger partial charge in [0.2, 0.25) is 0 Å². The van der Waals surface area contributed by atoms with Crippen molar-refractivity contribution >= 4 is 0 Å². The van der Waals surface area contributed by atoms with Gasteiger partial charge in [0.25, 0.3) is 0 Å². The lowest BCUT2D eigenvalue weighted by molar-refractivity contribution is -0.00796. The SMILES string of the molecule is C[C@H](N)COC(C)(C)C. The molecule has 9 heavy (non-hydrogen) atoms. The summed E-state index contributed by atoms with van der Waals surface area (Å²) in [6.45, 7) is 8.65. The molecule has 0 aliphatic rings. The number of nitrogens with two attached hydrogens (primary N) is 1. The summed E-state index contributed by atoms with van der Waals surface area (Å²) in [5, 5.41) is 0. The topological polar surface area (TPSA) is 35.2 Å². The van der Waals surface area contributed by atoms with Crippen molar-refractivity contribution in [2.24, 2.45) is 5.73 Å². The molecule has 0 unspecified atom stereocenters. The van der Waals surface area contributed by atoms with Crippen molar-refractivity contribution in [1.29, 1.82) is 0 Å². The van der Waals surface area contributed by atoms with E-state index >= 15 is 0 Å². The Hall–Kier alpha value is -0.0800. The predicted molar refractivity (Wildman–Crippen MR) is 39.4 cm³/mol. The highest BCUT2D eigenvalue weighted by atomic mass is 16.5. The molecule has 0 amide bonds. The van der Waals surface area contributed by atoms with Gasteiger partial charge in [-0.2, -0.15) is 0 Å². The van der Waals surface area contributed by atoms with E-state index in [4.69, 9.17) is 10.5 Å². The highest BCUT2D eigenvalue weighted by molar-refractivity contribution is 4.60. The fourth-order valence-electron chi connectivity index (χ4n) is 0.381. The van der Waals surface area contributed by atoms with Gasteiger partial charge in [0.05, 0.1) is 12.2 Å². The zero-order chi connectivity index (χ0) is 7.49. The smallest absolute Gasteiger partial charge is 0.0621 e. The highest BCUT2D eigenvalue weighted by Crippen LogP contribution is 2.05. The number of hydrogen-bond donors (Lipinski definition) is 1.